The van der Waals surface area contributed by atoms with Crippen LogP contribution >= 0.6 is 0 Å². The molecule has 1 atom stereocenters. The summed E-state index contributed by atoms with van der Waals surface area (Å²) in [7, 11) is 0. The highest BCUT2D eigenvalue weighted by Gasteiger charge is 2.29. The molecular weight excluding hydrogens is 146 g/mol. The summed E-state index contributed by atoms with van der Waals surface area (Å²) in [6, 6.07) is 8.71. The summed E-state index contributed by atoms with van der Waals surface area (Å²) in [5.41, 5.74) is 8.76. The van der Waals surface area contributed by atoms with Crippen molar-refractivity contribution < 1.29 is 0 Å². The van der Waals surface area contributed by atoms with Crippen LogP contribution in [0.5, 0.6) is 0 Å². The molecule has 2 N–H and O–H groups in total. The molecule has 0 radical (unpaired) electrons. The molecule has 1 saturated carbocycles. The van der Waals surface area contributed by atoms with Crippen molar-refractivity contribution in [2.24, 2.45) is 11.7 Å². The van der Waals surface area contributed by atoms with E-state index in [1.165, 1.54) is 24.0 Å². The van der Waals surface area contributed by atoms with Crippen LogP contribution in [0.1, 0.15) is 30.0 Å². The van der Waals surface area contributed by atoms with Gasteiger partial charge in [-0.15, -0.1) is 0 Å². The molecule has 1 aliphatic rings. The molecule has 0 heterocycles. The second-order valence-corrected chi connectivity index (χ2v) is 3.72. The van der Waals surface area contributed by atoms with E-state index < -0.39 is 0 Å². The number of hydrogen-bond acceptors (Lipinski definition) is 1. The third-order valence-electron chi connectivity index (χ3n) is 2.68. The van der Waals surface area contributed by atoms with Crippen molar-refractivity contribution in [2.45, 2.75) is 25.8 Å². The Labute approximate surface area is 73.6 Å². The van der Waals surface area contributed by atoms with Crippen LogP contribution in [-0.4, -0.2) is 0 Å². The van der Waals surface area contributed by atoms with Gasteiger partial charge < -0.3 is 5.73 Å². The summed E-state index contributed by atoms with van der Waals surface area (Å²) in [6.07, 6.45) is 2.63. The predicted octanol–water partition coefficient (Wildman–Crippen LogP) is 2.40. The van der Waals surface area contributed by atoms with Gasteiger partial charge in [-0.05, 0) is 36.8 Å². The lowest BCUT2D eigenvalue weighted by Crippen LogP contribution is -2.13. The van der Waals surface area contributed by atoms with E-state index in [1.807, 2.05) is 0 Å². The van der Waals surface area contributed by atoms with Crippen molar-refractivity contribution in [3.05, 3.63) is 35.4 Å². The third kappa shape index (κ3) is 1.37. The van der Waals surface area contributed by atoms with Crippen molar-refractivity contribution in [1.82, 2.24) is 0 Å². The first kappa shape index (κ1) is 7.81. The molecule has 64 valence electrons. The maximum Gasteiger partial charge on any atom is 0.0326 e. The zero-order valence-electron chi connectivity index (χ0n) is 7.46. The van der Waals surface area contributed by atoms with E-state index in [0.717, 1.165) is 5.92 Å². The summed E-state index contributed by atoms with van der Waals surface area (Å²) in [5, 5.41) is 0. The summed E-state index contributed by atoms with van der Waals surface area (Å²) < 4.78 is 0. The minimum absolute atomic E-state index is 0.284. The van der Waals surface area contributed by atoms with Gasteiger partial charge in [0.15, 0.2) is 0 Å². The Morgan fingerprint density at radius 1 is 1.33 bits per heavy atom. The van der Waals surface area contributed by atoms with E-state index in [0.29, 0.717) is 0 Å². The lowest BCUT2D eigenvalue weighted by atomic mass is 9.99. The normalized spacial score (nSPS) is 19.2. The van der Waals surface area contributed by atoms with Gasteiger partial charge in [0.05, 0.1) is 0 Å². The first-order valence-corrected chi connectivity index (χ1v) is 4.60. The lowest BCUT2D eigenvalue weighted by molar-refractivity contribution is 0.630. The Morgan fingerprint density at radius 2 is 2.00 bits per heavy atom. The summed E-state index contributed by atoms with van der Waals surface area (Å²) in [4.78, 5) is 0. The molecule has 12 heavy (non-hydrogen) atoms. The summed E-state index contributed by atoms with van der Waals surface area (Å²) >= 11 is 0. The van der Waals surface area contributed by atoms with Gasteiger partial charge in [0.2, 0.25) is 0 Å². The van der Waals surface area contributed by atoms with Crippen molar-refractivity contribution in [3.8, 4) is 0 Å². The van der Waals surface area contributed by atoms with Gasteiger partial charge in [0.25, 0.3) is 0 Å². The Hall–Kier alpha value is -0.820. The van der Waals surface area contributed by atoms with E-state index in [4.69, 9.17) is 5.73 Å². The van der Waals surface area contributed by atoms with E-state index in [9.17, 15) is 0 Å². The Balaban J connectivity index is 2.25. The highest BCUT2D eigenvalue weighted by molar-refractivity contribution is 5.29. The first-order chi connectivity index (χ1) is 5.79. The molecule has 0 saturated heterocycles. The van der Waals surface area contributed by atoms with Crippen LogP contribution in [0.15, 0.2) is 24.3 Å². The molecule has 0 aliphatic heterocycles. The molecule has 1 heteroatoms. The largest absolute Gasteiger partial charge is 0.324 e. The second kappa shape index (κ2) is 2.91. The van der Waals surface area contributed by atoms with Crippen molar-refractivity contribution in [2.75, 3.05) is 0 Å². The van der Waals surface area contributed by atoms with Crippen molar-refractivity contribution in [1.29, 1.82) is 0 Å². The van der Waals surface area contributed by atoms with Crippen molar-refractivity contribution in [3.63, 3.8) is 0 Å². The van der Waals surface area contributed by atoms with E-state index in [-0.39, 0.29) is 6.04 Å². The van der Waals surface area contributed by atoms with Crippen LogP contribution < -0.4 is 5.73 Å². The van der Waals surface area contributed by atoms with Gasteiger partial charge in [0.1, 0.15) is 0 Å². The SMILES string of the molecule is Cc1ccccc1[C@@H](N)C1CC1. The topological polar surface area (TPSA) is 26.0 Å². The number of hydrogen-bond donors (Lipinski definition) is 1. The van der Waals surface area contributed by atoms with Gasteiger partial charge in [0, 0.05) is 6.04 Å². The van der Waals surface area contributed by atoms with Crippen LogP contribution in [0.2, 0.25) is 0 Å². The quantitative estimate of drug-likeness (QED) is 0.708. The Morgan fingerprint density at radius 3 is 2.58 bits per heavy atom. The fourth-order valence-electron chi connectivity index (χ4n) is 1.67. The fraction of sp³-hybridized carbons (Fsp3) is 0.455. The first-order valence-electron chi connectivity index (χ1n) is 4.60. The number of aryl methyl sites for hydroxylation is 1. The standard InChI is InChI=1S/C11H15N/c1-8-4-2-3-5-10(8)11(12)9-6-7-9/h2-5,9,11H,6-7,12H2,1H3/t11-/m0/s1. The van der Waals surface area contributed by atoms with E-state index in [2.05, 4.69) is 31.2 Å². The molecule has 0 bridgehead atoms. The van der Waals surface area contributed by atoms with Crippen molar-refractivity contribution >= 4 is 0 Å². The summed E-state index contributed by atoms with van der Waals surface area (Å²) in [6.45, 7) is 2.14. The maximum absolute atomic E-state index is 6.10. The molecule has 1 fully saturated rings. The van der Waals surface area contributed by atoms with Gasteiger partial charge in [-0.3, -0.25) is 0 Å². The minimum atomic E-state index is 0.284. The van der Waals surface area contributed by atoms with E-state index in [1.54, 1.807) is 0 Å². The smallest absolute Gasteiger partial charge is 0.0326 e. The summed E-state index contributed by atoms with van der Waals surface area (Å²) in [5.74, 6) is 0.756. The molecule has 0 unspecified atom stereocenters. The molecule has 0 amide bonds. The van der Waals surface area contributed by atoms with Crippen LogP contribution in [-0.2, 0) is 0 Å². The van der Waals surface area contributed by atoms with E-state index >= 15 is 0 Å². The molecule has 0 aromatic heterocycles. The maximum atomic E-state index is 6.10. The van der Waals surface area contributed by atoms with Crippen LogP contribution in [0, 0.1) is 12.8 Å². The second-order valence-electron chi connectivity index (χ2n) is 3.72. The molecule has 2 rings (SSSR count). The van der Waals surface area contributed by atoms with Crippen LogP contribution in [0.25, 0.3) is 0 Å². The lowest BCUT2D eigenvalue weighted by Gasteiger charge is -2.12. The number of benzene rings is 1. The Kier molecular flexibility index (Phi) is 1.89. The zero-order chi connectivity index (χ0) is 8.55. The van der Waals surface area contributed by atoms with Gasteiger partial charge in [-0.1, -0.05) is 24.3 Å². The predicted molar refractivity (Wildman–Crippen MR) is 50.8 cm³/mol. The molecule has 1 nitrogen and oxygen atoms in total. The average molecular weight is 161 g/mol. The highest BCUT2D eigenvalue weighted by atomic mass is 14.7. The monoisotopic (exact) mass is 161 g/mol. The average Bonchev–Trinajstić information content (AvgIpc) is 2.86. The van der Waals surface area contributed by atoms with Gasteiger partial charge in [-0.25, -0.2) is 0 Å². The molecular formula is C11H15N. The third-order valence-corrected chi connectivity index (χ3v) is 2.68. The van der Waals surface area contributed by atoms with Gasteiger partial charge >= 0.3 is 0 Å². The minimum Gasteiger partial charge on any atom is -0.324 e. The van der Waals surface area contributed by atoms with Gasteiger partial charge in [-0.2, -0.15) is 0 Å². The molecule has 0 spiro atoms. The number of nitrogens with two attached hydrogens (primary N) is 1. The van der Waals surface area contributed by atoms with Crippen LogP contribution in [0.3, 0.4) is 0 Å². The van der Waals surface area contributed by atoms with Crippen LogP contribution in [0.4, 0.5) is 0 Å². The highest BCUT2D eigenvalue weighted by Crippen LogP contribution is 2.40. The molecule has 1 aromatic carbocycles. The molecule has 1 aliphatic carbocycles. The number of rotatable bonds is 2. The Bertz CT molecular complexity index is 276. The fourth-order valence-corrected chi connectivity index (χ4v) is 1.67. The molecule has 1 aromatic rings. The zero-order valence-corrected chi connectivity index (χ0v) is 7.46.